The Hall–Kier alpha value is -2.02. The number of hydrogen-bond donors (Lipinski definition) is 0. The standard InChI is InChI=1S/C21H22N2O2S2/c1-16-7-6-12-23(14-16)27(24,25)19-11-5-10-18(13-19)20-15-26-21(22-20)17-8-3-2-4-9-17/h2-5,8-11,13,15-16H,6-7,12,14H2,1H3. The molecule has 140 valence electrons. The van der Waals surface area contributed by atoms with Crippen molar-refractivity contribution in [2.24, 2.45) is 5.92 Å². The fraction of sp³-hybridized carbons (Fsp3) is 0.286. The van der Waals surface area contributed by atoms with E-state index in [-0.39, 0.29) is 0 Å². The monoisotopic (exact) mass is 398 g/mol. The Labute approximate surface area is 164 Å². The van der Waals surface area contributed by atoms with E-state index in [0.717, 1.165) is 34.7 Å². The van der Waals surface area contributed by atoms with Crippen molar-refractivity contribution in [2.75, 3.05) is 13.1 Å². The second-order valence-corrected chi connectivity index (χ2v) is 9.84. The molecular weight excluding hydrogens is 376 g/mol. The van der Waals surface area contributed by atoms with Gasteiger partial charge >= 0.3 is 0 Å². The molecule has 3 aromatic rings. The molecule has 1 aliphatic heterocycles. The van der Waals surface area contributed by atoms with Crippen molar-refractivity contribution in [3.63, 3.8) is 0 Å². The minimum absolute atomic E-state index is 0.350. The number of piperidine rings is 1. The van der Waals surface area contributed by atoms with Gasteiger partial charge in [-0.3, -0.25) is 0 Å². The van der Waals surface area contributed by atoms with Gasteiger partial charge in [0.1, 0.15) is 5.01 Å². The fourth-order valence-corrected chi connectivity index (χ4v) is 5.93. The second-order valence-electron chi connectivity index (χ2n) is 7.04. The maximum Gasteiger partial charge on any atom is 0.243 e. The van der Waals surface area contributed by atoms with Gasteiger partial charge in [-0.25, -0.2) is 13.4 Å². The van der Waals surface area contributed by atoms with Crippen molar-refractivity contribution in [2.45, 2.75) is 24.7 Å². The van der Waals surface area contributed by atoms with Crippen LogP contribution in [0.5, 0.6) is 0 Å². The maximum atomic E-state index is 13.1. The quantitative estimate of drug-likeness (QED) is 0.628. The number of benzene rings is 2. The topological polar surface area (TPSA) is 50.3 Å². The molecule has 1 aromatic heterocycles. The number of aromatic nitrogens is 1. The molecular formula is C21H22N2O2S2. The molecule has 4 rings (SSSR count). The fourth-order valence-electron chi connectivity index (χ4n) is 3.45. The van der Waals surface area contributed by atoms with Crippen LogP contribution < -0.4 is 0 Å². The van der Waals surface area contributed by atoms with Gasteiger partial charge in [0.2, 0.25) is 10.0 Å². The van der Waals surface area contributed by atoms with Crippen molar-refractivity contribution in [1.82, 2.24) is 9.29 Å². The summed E-state index contributed by atoms with van der Waals surface area (Å²) in [6.07, 6.45) is 2.01. The van der Waals surface area contributed by atoms with E-state index in [0.29, 0.717) is 23.9 Å². The van der Waals surface area contributed by atoms with E-state index in [2.05, 4.69) is 6.92 Å². The zero-order valence-electron chi connectivity index (χ0n) is 15.2. The van der Waals surface area contributed by atoms with Crippen molar-refractivity contribution in [1.29, 1.82) is 0 Å². The largest absolute Gasteiger partial charge is 0.243 e. The van der Waals surface area contributed by atoms with Crippen molar-refractivity contribution >= 4 is 21.4 Å². The van der Waals surface area contributed by atoms with Gasteiger partial charge in [-0.1, -0.05) is 49.4 Å². The Balaban J connectivity index is 1.64. The SMILES string of the molecule is CC1CCCN(S(=O)(=O)c2cccc(-c3csc(-c4ccccc4)n3)c2)C1. The van der Waals surface area contributed by atoms with E-state index < -0.39 is 10.0 Å². The molecule has 1 fully saturated rings. The summed E-state index contributed by atoms with van der Waals surface area (Å²) in [6, 6.07) is 17.2. The van der Waals surface area contributed by atoms with Crippen molar-refractivity contribution < 1.29 is 8.42 Å². The molecule has 0 radical (unpaired) electrons. The molecule has 1 atom stereocenters. The van der Waals surface area contributed by atoms with Crippen LogP contribution >= 0.6 is 11.3 Å². The van der Waals surface area contributed by atoms with Gasteiger partial charge < -0.3 is 0 Å². The molecule has 0 N–H and O–H groups in total. The second kappa shape index (κ2) is 7.54. The average molecular weight is 399 g/mol. The number of hydrogen-bond acceptors (Lipinski definition) is 4. The molecule has 0 saturated carbocycles. The summed E-state index contributed by atoms with van der Waals surface area (Å²) in [7, 11) is -3.46. The Morgan fingerprint density at radius 2 is 1.85 bits per heavy atom. The molecule has 0 amide bonds. The van der Waals surface area contributed by atoms with Gasteiger partial charge in [0, 0.05) is 29.6 Å². The molecule has 0 spiro atoms. The Bertz CT molecular complexity index is 1030. The van der Waals surface area contributed by atoms with Crippen LogP contribution in [0.3, 0.4) is 0 Å². The first kappa shape index (κ1) is 18.3. The third-order valence-electron chi connectivity index (χ3n) is 4.91. The predicted octanol–water partition coefficient (Wildman–Crippen LogP) is 4.90. The number of sulfonamides is 1. The predicted molar refractivity (Wildman–Crippen MR) is 110 cm³/mol. The van der Waals surface area contributed by atoms with Crippen LogP contribution in [0.1, 0.15) is 19.8 Å². The number of thiazole rings is 1. The van der Waals surface area contributed by atoms with Crippen molar-refractivity contribution in [3.05, 3.63) is 60.0 Å². The summed E-state index contributed by atoms with van der Waals surface area (Å²) < 4.78 is 27.7. The Morgan fingerprint density at radius 1 is 1.07 bits per heavy atom. The highest BCUT2D eigenvalue weighted by atomic mass is 32.2. The van der Waals surface area contributed by atoms with Gasteiger partial charge in [-0.05, 0) is 30.9 Å². The van der Waals surface area contributed by atoms with Crippen LogP contribution in [0, 0.1) is 5.92 Å². The molecule has 2 heterocycles. The van der Waals surface area contributed by atoms with Crippen LogP contribution in [-0.2, 0) is 10.0 Å². The summed E-state index contributed by atoms with van der Waals surface area (Å²) in [5.41, 5.74) is 2.71. The number of rotatable bonds is 4. The van der Waals surface area contributed by atoms with E-state index in [1.165, 1.54) is 0 Å². The zero-order chi connectivity index (χ0) is 18.9. The highest BCUT2D eigenvalue weighted by Crippen LogP contribution is 2.31. The van der Waals surface area contributed by atoms with Crippen LogP contribution in [0.2, 0.25) is 0 Å². The third-order valence-corrected chi connectivity index (χ3v) is 7.66. The summed E-state index contributed by atoms with van der Waals surface area (Å²) in [5, 5.41) is 2.92. The Kier molecular flexibility index (Phi) is 5.12. The molecule has 1 saturated heterocycles. The van der Waals surface area contributed by atoms with Gasteiger partial charge in [0.25, 0.3) is 0 Å². The van der Waals surface area contributed by atoms with Crippen molar-refractivity contribution in [3.8, 4) is 21.8 Å². The summed E-state index contributed by atoms with van der Waals surface area (Å²) in [5.74, 6) is 0.406. The molecule has 27 heavy (non-hydrogen) atoms. The van der Waals surface area contributed by atoms with Gasteiger partial charge in [0.15, 0.2) is 0 Å². The molecule has 2 aromatic carbocycles. The Morgan fingerprint density at radius 3 is 2.63 bits per heavy atom. The van der Waals surface area contributed by atoms with Gasteiger partial charge in [-0.15, -0.1) is 11.3 Å². The molecule has 4 nitrogen and oxygen atoms in total. The maximum absolute atomic E-state index is 13.1. The highest BCUT2D eigenvalue weighted by molar-refractivity contribution is 7.89. The third kappa shape index (κ3) is 3.83. The lowest BCUT2D eigenvalue weighted by atomic mass is 10.0. The van der Waals surface area contributed by atoms with E-state index in [4.69, 9.17) is 4.98 Å². The van der Waals surface area contributed by atoms with Gasteiger partial charge in [-0.2, -0.15) is 4.31 Å². The highest BCUT2D eigenvalue weighted by Gasteiger charge is 2.28. The van der Waals surface area contributed by atoms with E-state index >= 15 is 0 Å². The summed E-state index contributed by atoms with van der Waals surface area (Å²) in [6.45, 7) is 3.31. The normalized spacial score (nSPS) is 18.5. The van der Waals surface area contributed by atoms with Gasteiger partial charge in [0.05, 0.1) is 10.6 Å². The average Bonchev–Trinajstić information content (AvgIpc) is 3.19. The minimum Gasteiger partial charge on any atom is -0.236 e. The van der Waals surface area contributed by atoms with Crippen LogP contribution in [0.15, 0.2) is 64.9 Å². The lowest BCUT2D eigenvalue weighted by molar-refractivity contribution is 0.281. The van der Waals surface area contributed by atoms with Crippen LogP contribution in [-0.4, -0.2) is 30.8 Å². The molecule has 0 bridgehead atoms. The summed E-state index contributed by atoms with van der Waals surface area (Å²) >= 11 is 1.57. The first-order valence-corrected chi connectivity index (χ1v) is 11.5. The molecule has 6 heteroatoms. The number of nitrogens with zero attached hydrogens (tertiary/aromatic N) is 2. The van der Waals surface area contributed by atoms with E-state index in [9.17, 15) is 8.42 Å². The molecule has 1 aliphatic rings. The van der Waals surface area contributed by atoms with E-state index in [1.54, 1.807) is 33.8 Å². The lowest BCUT2D eigenvalue weighted by Crippen LogP contribution is -2.39. The smallest absolute Gasteiger partial charge is 0.236 e. The minimum atomic E-state index is -3.46. The zero-order valence-corrected chi connectivity index (χ0v) is 16.8. The van der Waals surface area contributed by atoms with E-state index in [1.807, 2.05) is 41.8 Å². The van der Waals surface area contributed by atoms with Crippen LogP contribution in [0.4, 0.5) is 0 Å². The first-order chi connectivity index (χ1) is 13.0. The summed E-state index contributed by atoms with van der Waals surface area (Å²) in [4.78, 5) is 5.06. The lowest BCUT2D eigenvalue weighted by Gasteiger charge is -2.30. The molecule has 0 aliphatic carbocycles. The van der Waals surface area contributed by atoms with Crippen LogP contribution in [0.25, 0.3) is 21.8 Å². The first-order valence-electron chi connectivity index (χ1n) is 9.15. The molecule has 1 unspecified atom stereocenters.